The maximum atomic E-state index is 11.4. The van der Waals surface area contributed by atoms with Crippen molar-refractivity contribution in [2.24, 2.45) is 0 Å². The van der Waals surface area contributed by atoms with Gasteiger partial charge in [0.2, 0.25) is 0 Å². The monoisotopic (exact) mass is 218 g/mol. The van der Waals surface area contributed by atoms with E-state index in [1.807, 2.05) is 6.07 Å². The summed E-state index contributed by atoms with van der Waals surface area (Å²) in [6.45, 7) is 0. The minimum Gasteiger partial charge on any atom is -0.464 e. The van der Waals surface area contributed by atoms with Crippen molar-refractivity contribution < 1.29 is 9.53 Å². The third-order valence-electron chi connectivity index (χ3n) is 2.02. The molecule has 80 valence electrons. The first-order chi connectivity index (χ1) is 7.67. The summed E-state index contributed by atoms with van der Waals surface area (Å²) in [5.41, 5.74) is -0.161. The molecule has 0 aliphatic carbocycles. The minimum absolute atomic E-state index is 0.0252. The van der Waals surface area contributed by atoms with Crippen molar-refractivity contribution >= 4 is 11.6 Å². The molecule has 0 unspecified atom stereocenters. The molecule has 0 fully saturated rings. The van der Waals surface area contributed by atoms with Gasteiger partial charge in [-0.25, -0.2) is 9.31 Å². The van der Waals surface area contributed by atoms with Crippen molar-refractivity contribution in [3.8, 4) is 6.07 Å². The second-order valence-corrected chi connectivity index (χ2v) is 2.94. The van der Waals surface area contributed by atoms with Crippen LogP contribution in [0.15, 0.2) is 17.1 Å². The Morgan fingerprint density at radius 1 is 1.69 bits per heavy atom. The van der Waals surface area contributed by atoms with Gasteiger partial charge < -0.3 is 9.72 Å². The molecule has 1 N–H and O–H groups in total. The van der Waals surface area contributed by atoms with E-state index in [0.717, 1.165) is 10.6 Å². The summed E-state index contributed by atoms with van der Waals surface area (Å²) in [7, 11) is 1.20. The van der Waals surface area contributed by atoms with Crippen molar-refractivity contribution in [2.45, 2.75) is 0 Å². The van der Waals surface area contributed by atoms with Crippen LogP contribution in [0.25, 0.3) is 5.65 Å². The lowest BCUT2D eigenvalue weighted by Gasteiger charge is -2.01. The zero-order valence-electron chi connectivity index (χ0n) is 8.22. The second-order valence-electron chi connectivity index (χ2n) is 2.94. The zero-order valence-corrected chi connectivity index (χ0v) is 8.22. The topological polar surface area (TPSA) is 100 Å². The number of aromatic amines is 1. The number of ether oxygens (including phenoxy) is 1. The highest BCUT2D eigenvalue weighted by molar-refractivity contribution is 5.88. The molecule has 7 heteroatoms. The quantitative estimate of drug-likeness (QED) is 0.661. The SMILES string of the molecule is COC(=O)c1cc(=O)[nH]c2c(C#N)cnn12. The molecule has 16 heavy (non-hydrogen) atoms. The summed E-state index contributed by atoms with van der Waals surface area (Å²) in [6.07, 6.45) is 1.26. The molecule has 2 aromatic heterocycles. The first-order valence-corrected chi connectivity index (χ1v) is 4.27. The van der Waals surface area contributed by atoms with Gasteiger partial charge in [-0.2, -0.15) is 10.4 Å². The Bertz CT molecular complexity index is 661. The Labute approximate surface area is 88.9 Å². The van der Waals surface area contributed by atoms with Crippen LogP contribution in [-0.2, 0) is 4.74 Å². The lowest BCUT2D eigenvalue weighted by molar-refractivity contribution is 0.0590. The Kier molecular flexibility index (Phi) is 2.17. The second kappa shape index (κ2) is 3.51. The van der Waals surface area contributed by atoms with Crippen LogP contribution in [0.3, 0.4) is 0 Å². The first kappa shape index (κ1) is 9.92. The van der Waals surface area contributed by atoms with Crippen molar-refractivity contribution in [3.05, 3.63) is 33.9 Å². The third kappa shape index (κ3) is 1.33. The molecule has 0 aliphatic heterocycles. The number of nitriles is 1. The van der Waals surface area contributed by atoms with E-state index in [4.69, 9.17) is 5.26 Å². The van der Waals surface area contributed by atoms with Crippen molar-refractivity contribution in [1.82, 2.24) is 14.6 Å². The van der Waals surface area contributed by atoms with E-state index in [2.05, 4.69) is 14.8 Å². The number of carbonyl (C=O) groups is 1. The summed E-state index contributed by atoms with van der Waals surface area (Å²) in [4.78, 5) is 25.1. The van der Waals surface area contributed by atoms with E-state index < -0.39 is 11.5 Å². The smallest absolute Gasteiger partial charge is 0.357 e. The lowest BCUT2D eigenvalue weighted by atomic mass is 10.3. The fourth-order valence-electron chi connectivity index (χ4n) is 1.32. The average molecular weight is 218 g/mol. The van der Waals surface area contributed by atoms with Gasteiger partial charge in [-0.1, -0.05) is 0 Å². The van der Waals surface area contributed by atoms with Crippen LogP contribution in [0.4, 0.5) is 0 Å². The number of methoxy groups -OCH3 is 1. The van der Waals surface area contributed by atoms with Gasteiger partial charge in [0.05, 0.1) is 13.3 Å². The van der Waals surface area contributed by atoms with E-state index in [9.17, 15) is 9.59 Å². The third-order valence-corrected chi connectivity index (χ3v) is 2.02. The van der Waals surface area contributed by atoms with Crippen LogP contribution >= 0.6 is 0 Å². The number of hydrogen-bond donors (Lipinski definition) is 1. The molecule has 7 nitrogen and oxygen atoms in total. The number of carbonyl (C=O) groups excluding carboxylic acids is 1. The standard InChI is InChI=1S/C9H6N4O3/c1-16-9(15)6-2-7(14)12-8-5(3-10)4-11-13(6)8/h2,4H,1H3,(H,12,14). The van der Waals surface area contributed by atoms with E-state index in [0.29, 0.717) is 0 Å². The van der Waals surface area contributed by atoms with E-state index in [-0.39, 0.29) is 16.9 Å². The number of fused-ring (bicyclic) bond motifs is 1. The van der Waals surface area contributed by atoms with Crippen LogP contribution in [0.2, 0.25) is 0 Å². The predicted molar refractivity (Wildman–Crippen MR) is 51.9 cm³/mol. The molecule has 0 spiro atoms. The summed E-state index contributed by atoms with van der Waals surface area (Å²) >= 11 is 0. The van der Waals surface area contributed by atoms with Gasteiger partial charge >= 0.3 is 5.97 Å². The van der Waals surface area contributed by atoms with Gasteiger partial charge in [0.15, 0.2) is 11.3 Å². The van der Waals surface area contributed by atoms with Gasteiger partial charge in [-0.15, -0.1) is 0 Å². The van der Waals surface area contributed by atoms with Gasteiger partial charge in [0, 0.05) is 6.07 Å². The van der Waals surface area contributed by atoms with Gasteiger partial charge in [-0.05, 0) is 0 Å². The summed E-state index contributed by atoms with van der Waals surface area (Å²) in [5.74, 6) is -0.691. The fraction of sp³-hybridized carbons (Fsp3) is 0.111. The number of hydrogen-bond acceptors (Lipinski definition) is 5. The summed E-state index contributed by atoms with van der Waals surface area (Å²) in [6, 6.07) is 2.92. The summed E-state index contributed by atoms with van der Waals surface area (Å²) in [5, 5.41) is 12.6. The highest BCUT2D eigenvalue weighted by Gasteiger charge is 2.15. The average Bonchev–Trinajstić information content (AvgIpc) is 2.69. The Morgan fingerprint density at radius 3 is 3.06 bits per heavy atom. The van der Waals surface area contributed by atoms with Crippen LogP contribution < -0.4 is 5.56 Å². The fourth-order valence-corrected chi connectivity index (χ4v) is 1.32. The van der Waals surface area contributed by atoms with Crippen LogP contribution in [-0.4, -0.2) is 27.7 Å². The Balaban J connectivity index is 2.86. The van der Waals surface area contributed by atoms with Crippen LogP contribution in [0, 0.1) is 11.3 Å². The Morgan fingerprint density at radius 2 is 2.44 bits per heavy atom. The number of H-pyrrole nitrogens is 1. The van der Waals surface area contributed by atoms with Gasteiger partial charge in [0.25, 0.3) is 5.56 Å². The molecule has 0 aromatic carbocycles. The predicted octanol–water partition coefficient (Wildman–Crippen LogP) is -0.319. The molecule has 0 saturated heterocycles. The molecule has 0 atom stereocenters. The number of rotatable bonds is 1. The maximum absolute atomic E-state index is 11.4. The molecule has 0 saturated carbocycles. The minimum atomic E-state index is -0.691. The normalized spacial score (nSPS) is 10.0. The highest BCUT2D eigenvalue weighted by atomic mass is 16.5. The first-order valence-electron chi connectivity index (χ1n) is 4.27. The van der Waals surface area contributed by atoms with Crippen LogP contribution in [0.1, 0.15) is 16.1 Å². The van der Waals surface area contributed by atoms with E-state index in [1.165, 1.54) is 13.3 Å². The maximum Gasteiger partial charge on any atom is 0.357 e. The van der Waals surface area contributed by atoms with Crippen molar-refractivity contribution in [1.29, 1.82) is 5.26 Å². The molecule has 0 radical (unpaired) electrons. The van der Waals surface area contributed by atoms with E-state index >= 15 is 0 Å². The lowest BCUT2D eigenvalue weighted by Crippen LogP contribution is -2.17. The van der Waals surface area contributed by atoms with E-state index in [1.54, 1.807) is 0 Å². The Hall–Kier alpha value is -2.62. The molecule has 2 aromatic rings. The molecule has 2 heterocycles. The van der Waals surface area contributed by atoms with Crippen molar-refractivity contribution in [3.63, 3.8) is 0 Å². The zero-order chi connectivity index (χ0) is 11.7. The molecule has 2 rings (SSSR count). The molecule has 0 amide bonds. The number of aromatic nitrogens is 3. The number of nitrogens with one attached hydrogen (secondary N) is 1. The largest absolute Gasteiger partial charge is 0.464 e. The highest BCUT2D eigenvalue weighted by Crippen LogP contribution is 2.07. The molecular formula is C9H6N4O3. The molecule has 0 bridgehead atoms. The van der Waals surface area contributed by atoms with Crippen molar-refractivity contribution in [2.75, 3.05) is 7.11 Å². The van der Waals surface area contributed by atoms with Crippen LogP contribution in [0.5, 0.6) is 0 Å². The summed E-state index contributed by atoms with van der Waals surface area (Å²) < 4.78 is 5.67. The molecule has 0 aliphatic rings. The van der Waals surface area contributed by atoms with Gasteiger partial charge in [-0.3, -0.25) is 4.79 Å². The molecular weight excluding hydrogens is 212 g/mol. The van der Waals surface area contributed by atoms with Gasteiger partial charge in [0.1, 0.15) is 11.6 Å². The number of nitrogens with zero attached hydrogens (tertiary/aromatic N) is 3. The number of esters is 1.